The molecular weight excluding hydrogens is 263 g/mol. The topological polar surface area (TPSA) is 55.1 Å². The summed E-state index contributed by atoms with van der Waals surface area (Å²) in [6, 6.07) is 4.15. The minimum absolute atomic E-state index is 0.00514. The molecule has 2 atom stereocenters. The summed E-state index contributed by atoms with van der Waals surface area (Å²) >= 11 is 5.02. The van der Waals surface area contributed by atoms with Crippen molar-refractivity contribution >= 4 is 23.1 Å². The maximum absolute atomic E-state index is 13.0. The highest BCUT2D eigenvalue weighted by atomic mass is 32.1. The van der Waals surface area contributed by atoms with Gasteiger partial charge in [-0.25, -0.2) is 4.39 Å². The van der Waals surface area contributed by atoms with E-state index in [9.17, 15) is 9.18 Å². The first kappa shape index (κ1) is 13.9. The maximum atomic E-state index is 13.0. The van der Waals surface area contributed by atoms with Crippen molar-refractivity contribution in [2.45, 2.75) is 32.2 Å². The zero-order chi connectivity index (χ0) is 14.0. The molecule has 0 aliphatic heterocycles. The van der Waals surface area contributed by atoms with Gasteiger partial charge in [0.25, 0.3) is 5.91 Å². The van der Waals surface area contributed by atoms with E-state index in [1.165, 1.54) is 18.2 Å². The molecule has 3 nitrogen and oxygen atoms in total. The maximum Gasteiger partial charge on any atom is 0.251 e. The smallest absolute Gasteiger partial charge is 0.251 e. The van der Waals surface area contributed by atoms with Crippen LogP contribution >= 0.6 is 12.2 Å². The Labute approximate surface area is 117 Å². The Morgan fingerprint density at radius 2 is 2.21 bits per heavy atom. The summed E-state index contributed by atoms with van der Waals surface area (Å²) in [5.41, 5.74) is 6.81. The summed E-state index contributed by atoms with van der Waals surface area (Å²) in [6.45, 7) is 1.72. The van der Waals surface area contributed by atoms with Gasteiger partial charge in [0.05, 0.1) is 4.99 Å². The highest BCUT2D eigenvalue weighted by Gasteiger charge is 2.30. The fourth-order valence-corrected chi connectivity index (χ4v) is 2.88. The molecule has 19 heavy (non-hydrogen) atoms. The lowest BCUT2D eigenvalue weighted by atomic mass is 10.0. The lowest BCUT2D eigenvalue weighted by molar-refractivity contribution is 0.0933. The van der Waals surface area contributed by atoms with Crippen LogP contribution in [0.25, 0.3) is 0 Å². The zero-order valence-electron chi connectivity index (χ0n) is 10.8. The lowest BCUT2D eigenvalue weighted by Crippen LogP contribution is -2.41. The fourth-order valence-electron chi connectivity index (χ4n) is 2.60. The largest absolute Gasteiger partial charge is 0.393 e. The fraction of sp³-hybridized carbons (Fsp3) is 0.429. The van der Waals surface area contributed by atoms with Gasteiger partial charge in [0.15, 0.2) is 0 Å². The standard InChI is InChI=1S/C14H17FN2OS/c1-8-7-9(15)5-6-10(8)14(18)17-12-4-2-3-11(12)13(16)19/h5-7,11-12H,2-4H2,1H3,(H2,16,19)(H,17,18). The van der Waals surface area contributed by atoms with Gasteiger partial charge in [-0.3, -0.25) is 4.79 Å². The molecule has 0 saturated heterocycles. The van der Waals surface area contributed by atoms with Crippen LogP contribution in [0.15, 0.2) is 18.2 Å². The number of thiocarbonyl (C=S) groups is 1. The van der Waals surface area contributed by atoms with E-state index in [0.29, 0.717) is 16.1 Å². The van der Waals surface area contributed by atoms with E-state index >= 15 is 0 Å². The highest BCUT2D eigenvalue weighted by molar-refractivity contribution is 7.80. The molecule has 1 aliphatic carbocycles. The average molecular weight is 280 g/mol. The summed E-state index contributed by atoms with van der Waals surface area (Å²) in [6.07, 6.45) is 2.81. The van der Waals surface area contributed by atoms with Crippen LogP contribution in [0.4, 0.5) is 4.39 Å². The third-order valence-electron chi connectivity index (χ3n) is 3.63. The van der Waals surface area contributed by atoms with Crippen LogP contribution < -0.4 is 11.1 Å². The molecule has 1 aromatic rings. The van der Waals surface area contributed by atoms with E-state index in [2.05, 4.69) is 5.32 Å². The Bertz CT molecular complexity index is 518. The zero-order valence-corrected chi connectivity index (χ0v) is 11.6. The first-order chi connectivity index (χ1) is 8.99. The molecule has 5 heteroatoms. The van der Waals surface area contributed by atoms with E-state index in [1.54, 1.807) is 6.92 Å². The second kappa shape index (κ2) is 5.65. The number of carbonyl (C=O) groups excluding carboxylic acids is 1. The number of amides is 1. The number of carbonyl (C=O) groups is 1. The van der Waals surface area contributed by atoms with Crippen molar-refractivity contribution in [3.8, 4) is 0 Å². The molecule has 0 bridgehead atoms. The predicted octanol–water partition coefficient (Wildman–Crippen LogP) is 2.32. The molecule has 0 heterocycles. The number of aryl methyl sites for hydroxylation is 1. The third kappa shape index (κ3) is 3.10. The second-order valence-electron chi connectivity index (χ2n) is 4.98. The monoisotopic (exact) mass is 280 g/mol. The van der Waals surface area contributed by atoms with Crippen molar-refractivity contribution in [3.05, 3.63) is 35.1 Å². The van der Waals surface area contributed by atoms with E-state index in [1.807, 2.05) is 0 Å². The van der Waals surface area contributed by atoms with Crippen molar-refractivity contribution in [2.24, 2.45) is 11.7 Å². The van der Waals surface area contributed by atoms with Gasteiger partial charge in [0.1, 0.15) is 5.82 Å². The van der Waals surface area contributed by atoms with Crippen LogP contribution in [0, 0.1) is 18.7 Å². The number of nitrogens with two attached hydrogens (primary N) is 1. The van der Waals surface area contributed by atoms with Crippen LogP contribution in [0.2, 0.25) is 0 Å². The van der Waals surface area contributed by atoms with E-state index in [0.717, 1.165) is 19.3 Å². The molecule has 1 aliphatic rings. The Kier molecular flexibility index (Phi) is 4.14. The first-order valence-corrected chi connectivity index (χ1v) is 6.76. The van der Waals surface area contributed by atoms with Crippen LogP contribution in [0.3, 0.4) is 0 Å². The third-order valence-corrected chi connectivity index (χ3v) is 3.93. The molecule has 1 fully saturated rings. The van der Waals surface area contributed by atoms with Crippen molar-refractivity contribution < 1.29 is 9.18 Å². The summed E-state index contributed by atoms with van der Waals surface area (Å²) in [4.78, 5) is 12.6. The van der Waals surface area contributed by atoms with Gasteiger partial charge in [-0.2, -0.15) is 0 Å². The number of hydrogen-bond acceptors (Lipinski definition) is 2. The van der Waals surface area contributed by atoms with E-state index in [4.69, 9.17) is 18.0 Å². The summed E-state index contributed by atoms with van der Waals surface area (Å²) in [5, 5.41) is 2.96. The predicted molar refractivity (Wildman–Crippen MR) is 76.5 cm³/mol. The Hall–Kier alpha value is -1.49. The second-order valence-corrected chi connectivity index (χ2v) is 5.45. The number of halogens is 1. The summed E-state index contributed by atoms with van der Waals surface area (Å²) < 4.78 is 13.0. The van der Waals surface area contributed by atoms with Crippen molar-refractivity contribution in [3.63, 3.8) is 0 Å². The number of rotatable bonds is 3. The minimum atomic E-state index is -0.337. The van der Waals surface area contributed by atoms with Crippen molar-refractivity contribution in [1.29, 1.82) is 0 Å². The number of benzene rings is 1. The highest BCUT2D eigenvalue weighted by Crippen LogP contribution is 2.26. The van der Waals surface area contributed by atoms with Gasteiger partial charge in [0, 0.05) is 17.5 Å². The van der Waals surface area contributed by atoms with E-state index < -0.39 is 0 Å². The van der Waals surface area contributed by atoms with Crippen LogP contribution in [-0.4, -0.2) is 16.9 Å². The normalized spacial score (nSPS) is 22.2. The van der Waals surface area contributed by atoms with Gasteiger partial charge in [-0.1, -0.05) is 18.6 Å². The summed E-state index contributed by atoms with van der Waals surface area (Å²) in [7, 11) is 0. The SMILES string of the molecule is Cc1cc(F)ccc1C(=O)NC1CCCC1C(N)=S. The van der Waals surface area contributed by atoms with Crippen molar-refractivity contribution in [2.75, 3.05) is 0 Å². The molecule has 1 saturated carbocycles. The van der Waals surface area contributed by atoms with Crippen molar-refractivity contribution in [1.82, 2.24) is 5.32 Å². The molecular formula is C14H17FN2OS. The molecule has 3 N–H and O–H groups in total. The lowest BCUT2D eigenvalue weighted by Gasteiger charge is -2.20. The summed E-state index contributed by atoms with van der Waals surface area (Å²) in [5.74, 6) is -0.457. The molecule has 1 aromatic carbocycles. The van der Waals surface area contributed by atoms with Crippen LogP contribution in [-0.2, 0) is 0 Å². The number of nitrogens with one attached hydrogen (secondary N) is 1. The van der Waals surface area contributed by atoms with Crippen LogP contribution in [0.1, 0.15) is 35.2 Å². The average Bonchev–Trinajstić information content (AvgIpc) is 2.76. The Morgan fingerprint density at radius 1 is 1.47 bits per heavy atom. The molecule has 102 valence electrons. The number of hydrogen-bond donors (Lipinski definition) is 2. The van der Waals surface area contributed by atoms with Gasteiger partial charge in [0.2, 0.25) is 0 Å². The van der Waals surface area contributed by atoms with Gasteiger partial charge in [-0.15, -0.1) is 0 Å². The van der Waals surface area contributed by atoms with Gasteiger partial charge < -0.3 is 11.1 Å². The van der Waals surface area contributed by atoms with Gasteiger partial charge in [-0.05, 0) is 43.5 Å². The molecule has 0 spiro atoms. The molecule has 2 unspecified atom stereocenters. The molecule has 1 amide bonds. The Balaban J connectivity index is 2.10. The Morgan fingerprint density at radius 3 is 2.84 bits per heavy atom. The van der Waals surface area contributed by atoms with Gasteiger partial charge >= 0.3 is 0 Å². The molecule has 0 radical (unpaired) electrons. The molecule has 0 aromatic heterocycles. The molecule has 2 rings (SSSR count). The minimum Gasteiger partial charge on any atom is -0.393 e. The quantitative estimate of drug-likeness (QED) is 0.835. The van der Waals surface area contributed by atoms with E-state index in [-0.39, 0.29) is 23.7 Å². The first-order valence-electron chi connectivity index (χ1n) is 6.35. The van der Waals surface area contributed by atoms with Crippen LogP contribution in [0.5, 0.6) is 0 Å².